The third-order valence-electron chi connectivity index (χ3n) is 2.83. The number of nitrogens with two attached hydrogens (primary N) is 1. The Kier molecular flexibility index (Phi) is 4.99. The Labute approximate surface area is 136 Å². The van der Waals surface area contributed by atoms with Gasteiger partial charge < -0.3 is 9.47 Å². The summed E-state index contributed by atoms with van der Waals surface area (Å²) in [6.45, 7) is 0. The fraction of sp³-hybridized carbons (Fsp3) is 0.0714. The Morgan fingerprint density at radius 3 is 2.48 bits per heavy atom. The number of hydrazine groups is 1. The molecular formula is C14H12ClN3O5. The van der Waals surface area contributed by atoms with Gasteiger partial charge in [-0.05, 0) is 36.4 Å². The summed E-state index contributed by atoms with van der Waals surface area (Å²) < 4.78 is 9.92. The summed E-state index contributed by atoms with van der Waals surface area (Å²) >= 11 is 5.77. The highest BCUT2D eigenvalue weighted by molar-refractivity contribution is 6.30. The zero-order valence-corrected chi connectivity index (χ0v) is 12.7. The second-order valence-corrected chi connectivity index (χ2v) is 4.74. The van der Waals surface area contributed by atoms with E-state index in [1.807, 2.05) is 0 Å². The lowest BCUT2D eigenvalue weighted by atomic mass is 10.2. The molecule has 0 unspecified atom stereocenters. The smallest absolute Gasteiger partial charge is 0.428 e. The van der Waals surface area contributed by atoms with E-state index in [9.17, 15) is 14.9 Å². The second-order valence-electron chi connectivity index (χ2n) is 4.31. The first-order chi connectivity index (χ1) is 10.9. The first-order valence-corrected chi connectivity index (χ1v) is 6.65. The molecule has 0 saturated heterocycles. The highest BCUT2D eigenvalue weighted by Crippen LogP contribution is 2.34. The Morgan fingerprint density at radius 2 is 1.91 bits per heavy atom. The lowest BCUT2D eigenvalue weighted by Gasteiger charge is -2.15. The quantitative estimate of drug-likeness (QED) is 0.396. The Bertz CT molecular complexity index is 736. The van der Waals surface area contributed by atoms with E-state index in [0.29, 0.717) is 15.8 Å². The molecule has 0 aliphatic heterocycles. The van der Waals surface area contributed by atoms with Crippen LogP contribution in [0.25, 0.3) is 0 Å². The van der Waals surface area contributed by atoms with Crippen LogP contribution >= 0.6 is 11.6 Å². The van der Waals surface area contributed by atoms with Crippen molar-refractivity contribution in [3.05, 3.63) is 57.6 Å². The van der Waals surface area contributed by atoms with E-state index in [0.717, 1.165) is 13.2 Å². The largest absolute Gasteiger partial charge is 0.452 e. The van der Waals surface area contributed by atoms with Crippen LogP contribution < -0.4 is 15.6 Å². The number of hydrogen-bond donors (Lipinski definition) is 1. The van der Waals surface area contributed by atoms with Gasteiger partial charge in [0.05, 0.1) is 17.7 Å². The van der Waals surface area contributed by atoms with Crippen molar-refractivity contribution in [1.82, 2.24) is 0 Å². The molecule has 9 heteroatoms. The Morgan fingerprint density at radius 1 is 1.26 bits per heavy atom. The number of methoxy groups -OCH3 is 1. The number of anilines is 1. The van der Waals surface area contributed by atoms with Crippen molar-refractivity contribution in [1.29, 1.82) is 0 Å². The molecule has 0 bridgehead atoms. The lowest BCUT2D eigenvalue weighted by molar-refractivity contribution is -0.385. The van der Waals surface area contributed by atoms with E-state index in [2.05, 4.69) is 4.74 Å². The van der Waals surface area contributed by atoms with Gasteiger partial charge in [0.1, 0.15) is 5.75 Å². The van der Waals surface area contributed by atoms with Crippen LogP contribution in [-0.4, -0.2) is 18.1 Å². The molecule has 0 aromatic heterocycles. The SMILES string of the molecule is COC(=O)N(N)c1ccc(Oc2ccc(Cl)cc2)c([N+](=O)[O-])c1. The standard InChI is InChI=1S/C14H12ClN3O5/c1-22-14(19)17(16)10-4-7-13(12(8-10)18(20)21)23-11-5-2-9(15)3-6-11/h2-8H,16H2,1H3. The van der Waals surface area contributed by atoms with Crippen molar-refractivity contribution in [2.45, 2.75) is 0 Å². The lowest BCUT2D eigenvalue weighted by Crippen LogP contribution is -2.37. The minimum atomic E-state index is -0.856. The van der Waals surface area contributed by atoms with Crippen LogP contribution in [0.1, 0.15) is 0 Å². The van der Waals surface area contributed by atoms with Crippen LogP contribution in [0.4, 0.5) is 16.2 Å². The fourth-order valence-electron chi connectivity index (χ4n) is 1.72. The first kappa shape index (κ1) is 16.5. The van der Waals surface area contributed by atoms with Gasteiger partial charge in [0.25, 0.3) is 0 Å². The normalized spacial score (nSPS) is 10.0. The molecule has 0 radical (unpaired) electrons. The maximum absolute atomic E-state index is 11.4. The van der Waals surface area contributed by atoms with Gasteiger partial charge >= 0.3 is 11.8 Å². The number of benzene rings is 2. The molecule has 0 aliphatic carbocycles. The average Bonchev–Trinajstić information content (AvgIpc) is 2.55. The summed E-state index contributed by atoms with van der Waals surface area (Å²) in [5.41, 5.74) is -0.260. The first-order valence-electron chi connectivity index (χ1n) is 6.27. The van der Waals surface area contributed by atoms with Gasteiger partial charge in [-0.25, -0.2) is 15.6 Å². The topological polar surface area (TPSA) is 108 Å². The molecule has 2 rings (SSSR count). The van der Waals surface area contributed by atoms with Gasteiger partial charge in [0.2, 0.25) is 5.75 Å². The summed E-state index contributed by atoms with van der Waals surface area (Å²) in [6, 6.07) is 10.2. The van der Waals surface area contributed by atoms with Crippen LogP contribution in [0.5, 0.6) is 11.5 Å². The number of amides is 1. The second kappa shape index (κ2) is 6.95. The molecule has 0 atom stereocenters. The van der Waals surface area contributed by atoms with Gasteiger partial charge in [0, 0.05) is 11.1 Å². The molecule has 0 heterocycles. The minimum Gasteiger partial charge on any atom is -0.452 e. The molecule has 2 N–H and O–H groups in total. The van der Waals surface area contributed by atoms with Gasteiger partial charge in [-0.2, -0.15) is 0 Å². The predicted octanol–water partition coefficient (Wildman–Crippen LogP) is 3.49. The molecular weight excluding hydrogens is 326 g/mol. The van der Waals surface area contributed by atoms with E-state index in [-0.39, 0.29) is 17.1 Å². The summed E-state index contributed by atoms with van der Waals surface area (Å²) in [5, 5.41) is 12.4. The van der Waals surface area contributed by atoms with Gasteiger partial charge in [-0.1, -0.05) is 11.6 Å². The van der Waals surface area contributed by atoms with Crippen LogP contribution in [-0.2, 0) is 4.74 Å². The van der Waals surface area contributed by atoms with Gasteiger partial charge in [0.15, 0.2) is 0 Å². The predicted molar refractivity (Wildman–Crippen MR) is 83.7 cm³/mol. The minimum absolute atomic E-state index is 0.000613. The molecule has 0 fully saturated rings. The summed E-state index contributed by atoms with van der Waals surface area (Å²) in [7, 11) is 1.15. The molecule has 0 spiro atoms. The number of ether oxygens (including phenoxy) is 2. The van der Waals surface area contributed by atoms with Crippen molar-refractivity contribution in [3.63, 3.8) is 0 Å². The third-order valence-corrected chi connectivity index (χ3v) is 3.08. The van der Waals surface area contributed by atoms with Crippen LogP contribution in [0.15, 0.2) is 42.5 Å². The number of halogens is 1. The number of nitro benzene ring substituents is 1. The molecule has 23 heavy (non-hydrogen) atoms. The number of carbonyl (C=O) groups excluding carboxylic acids is 1. The number of carbonyl (C=O) groups is 1. The van der Waals surface area contributed by atoms with Crippen molar-refractivity contribution in [2.24, 2.45) is 5.84 Å². The van der Waals surface area contributed by atoms with Crippen LogP contribution in [0.2, 0.25) is 5.02 Å². The fourth-order valence-corrected chi connectivity index (χ4v) is 1.84. The summed E-state index contributed by atoms with van der Waals surface area (Å²) in [4.78, 5) is 21.9. The summed E-state index contributed by atoms with van der Waals surface area (Å²) in [6.07, 6.45) is -0.856. The van der Waals surface area contributed by atoms with Crippen LogP contribution in [0.3, 0.4) is 0 Å². The van der Waals surface area contributed by atoms with E-state index in [4.69, 9.17) is 22.2 Å². The van der Waals surface area contributed by atoms with Crippen molar-refractivity contribution >= 4 is 29.1 Å². The number of hydrogen-bond acceptors (Lipinski definition) is 6. The molecule has 1 amide bonds. The highest BCUT2D eigenvalue weighted by atomic mass is 35.5. The van der Waals surface area contributed by atoms with Crippen LogP contribution in [0, 0.1) is 10.1 Å². The zero-order valence-electron chi connectivity index (χ0n) is 11.9. The monoisotopic (exact) mass is 337 g/mol. The summed E-state index contributed by atoms with van der Waals surface area (Å²) in [5.74, 6) is 5.90. The maximum Gasteiger partial charge on any atom is 0.428 e. The maximum atomic E-state index is 11.4. The van der Waals surface area contributed by atoms with E-state index in [1.54, 1.807) is 24.3 Å². The number of nitro groups is 1. The zero-order chi connectivity index (χ0) is 17.0. The van der Waals surface area contributed by atoms with Crippen molar-refractivity contribution in [2.75, 3.05) is 12.1 Å². The van der Waals surface area contributed by atoms with Gasteiger partial charge in [-0.15, -0.1) is 0 Å². The third kappa shape index (κ3) is 3.87. The molecule has 0 saturated carbocycles. The number of rotatable bonds is 4. The molecule has 120 valence electrons. The van der Waals surface area contributed by atoms with Gasteiger partial charge in [-0.3, -0.25) is 10.1 Å². The van der Waals surface area contributed by atoms with E-state index >= 15 is 0 Å². The molecule has 2 aromatic rings. The van der Waals surface area contributed by atoms with Crippen molar-refractivity contribution < 1.29 is 19.2 Å². The average molecular weight is 338 g/mol. The Balaban J connectivity index is 2.35. The number of nitrogens with zero attached hydrogens (tertiary/aromatic N) is 2. The molecule has 2 aromatic carbocycles. The van der Waals surface area contributed by atoms with E-state index in [1.165, 1.54) is 12.1 Å². The molecule has 8 nitrogen and oxygen atoms in total. The van der Waals surface area contributed by atoms with Crippen molar-refractivity contribution in [3.8, 4) is 11.5 Å². The van der Waals surface area contributed by atoms with E-state index < -0.39 is 11.0 Å². The Hall–Kier alpha value is -2.84. The molecule has 0 aliphatic rings. The highest BCUT2D eigenvalue weighted by Gasteiger charge is 2.21.